The first-order valence-corrected chi connectivity index (χ1v) is 8.05. The van der Waals surface area contributed by atoms with E-state index in [4.69, 9.17) is 4.74 Å². The molecule has 5 heteroatoms. The number of likely N-dealkylation sites (tertiary alicyclic amines) is 1. The van der Waals surface area contributed by atoms with Crippen molar-refractivity contribution in [3.8, 4) is 0 Å². The highest BCUT2D eigenvalue weighted by atomic mass is 16.6. The minimum absolute atomic E-state index is 0.155. The fourth-order valence-corrected chi connectivity index (χ4v) is 2.94. The van der Waals surface area contributed by atoms with Gasteiger partial charge < -0.3 is 14.5 Å². The fraction of sp³-hybridized carbons (Fsp3) is 0.933. The molecular formula is C15H29N3O2. The van der Waals surface area contributed by atoms with Gasteiger partial charge in [-0.1, -0.05) is 6.92 Å². The second-order valence-electron chi connectivity index (χ2n) is 6.05. The van der Waals surface area contributed by atoms with E-state index in [9.17, 15) is 4.79 Å². The SMILES string of the molecule is CCOC(=O)N1CCN(CCN2CCC(C)CC2)CC1. The molecular weight excluding hydrogens is 254 g/mol. The third-order valence-electron chi connectivity index (χ3n) is 4.51. The number of piperidine rings is 1. The Labute approximate surface area is 122 Å². The summed E-state index contributed by atoms with van der Waals surface area (Å²) in [5.41, 5.74) is 0. The molecule has 0 radical (unpaired) electrons. The van der Waals surface area contributed by atoms with Crippen LogP contribution >= 0.6 is 0 Å². The highest BCUT2D eigenvalue weighted by molar-refractivity contribution is 5.67. The smallest absolute Gasteiger partial charge is 0.409 e. The van der Waals surface area contributed by atoms with Crippen molar-refractivity contribution in [2.24, 2.45) is 5.92 Å². The first kappa shape index (κ1) is 15.6. The third-order valence-corrected chi connectivity index (χ3v) is 4.51. The molecule has 2 fully saturated rings. The van der Waals surface area contributed by atoms with Crippen LogP contribution in [0.3, 0.4) is 0 Å². The molecule has 5 nitrogen and oxygen atoms in total. The number of rotatable bonds is 4. The van der Waals surface area contributed by atoms with Crippen LogP contribution in [-0.4, -0.2) is 79.8 Å². The lowest BCUT2D eigenvalue weighted by molar-refractivity contribution is 0.0744. The lowest BCUT2D eigenvalue weighted by atomic mass is 9.99. The predicted octanol–water partition coefficient (Wildman–Crippen LogP) is 1.49. The zero-order valence-electron chi connectivity index (χ0n) is 13.0. The van der Waals surface area contributed by atoms with Crippen LogP contribution in [0.5, 0.6) is 0 Å². The number of hydrogen-bond donors (Lipinski definition) is 0. The highest BCUT2D eigenvalue weighted by Gasteiger charge is 2.22. The topological polar surface area (TPSA) is 36.0 Å². The summed E-state index contributed by atoms with van der Waals surface area (Å²) in [7, 11) is 0. The molecule has 1 amide bonds. The van der Waals surface area contributed by atoms with E-state index in [1.165, 1.54) is 32.5 Å². The zero-order valence-corrected chi connectivity index (χ0v) is 13.0. The second kappa shape index (κ2) is 7.84. The largest absolute Gasteiger partial charge is 0.450 e. The molecule has 0 spiro atoms. The van der Waals surface area contributed by atoms with Gasteiger partial charge in [-0.05, 0) is 38.8 Å². The van der Waals surface area contributed by atoms with Crippen molar-refractivity contribution in [3.05, 3.63) is 0 Å². The van der Waals surface area contributed by atoms with E-state index >= 15 is 0 Å². The number of carbonyl (C=O) groups excluding carboxylic acids is 1. The molecule has 0 aliphatic carbocycles. The van der Waals surface area contributed by atoms with Gasteiger partial charge in [0.05, 0.1) is 6.61 Å². The van der Waals surface area contributed by atoms with Gasteiger partial charge in [0.25, 0.3) is 0 Å². The van der Waals surface area contributed by atoms with Crippen molar-refractivity contribution in [2.45, 2.75) is 26.7 Å². The Hall–Kier alpha value is -0.810. The molecule has 116 valence electrons. The molecule has 0 saturated carbocycles. The molecule has 0 aromatic carbocycles. The van der Waals surface area contributed by atoms with Crippen LogP contribution < -0.4 is 0 Å². The molecule has 20 heavy (non-hydrogen) atoms. The van der Waals surface area contributed by atoms with Crippen molar-refractivity contribution >= 4 is 6.09 Å². The van der Waals surface area contributed by atoms with Crippen LogP contribution in [0.4, 0.5) is 4.79 Å². The number of nitrogens with zero attached hydrogens (tertiary/aromatic N) is 3. The summed E-state index contributed by atoms with van der Waals surface area (Å²) < 4.78 is 5.04. The first-order valence-electron chi connectivity index (χ1n) is 8.05. The van der Waals surface area contributed by atoms with Gasteiger partial charge in [0.1, 0.15) is 0 Å². The van der Waals surface area contributed by atoms with E-state index < -0.39 is 0 Å². The molecule has 0 bridgehead atoms. The lowest BCUT2D eigenvalue weighted by Gasteiger charge is -2.36. The van der Waals surface area contributed by atoms with Gasteiger partial charge in [-0.25, -0.2) is 4.79 Å². The molecule has 2 aliphatic heterocycles. The van der Waals surface area contributed by atoms with Crippen molar-refractivity contribution in [1.82, 2.24) is 14.7 Å². The van der Waals surface area contributed by atoms with E-state index in [2.05, 4.69) is 16.7 Å². The second-order valence-corrected chi connectivity index (χ2v) is 6.05. The van der Waals surface area contributed by atoms with Crippen LogP contribution in [0.2, 0.25) is 0 Å². The molecule has 2 saturated heterocycles. The van der Waals surface area contributed by atoms with Crippen molar-refractivity contribution < 1.29 is 9.53 Å². The maximum absolute atomic E-state index is 11.6. The van der Waals surface area contributed by atoms with Crippen LogP contribution in [0.25, 0.3) is 0 Å². The van der Waals surface area contributed by atoms with E-state index in [0.29, 0.717) is 6.61 Å². The van der Waals surface area contributed by atoms with Crippen molar-refractivity contribution in [3.63, 3.8) is 0 Å². The Morgan fingerprint density at radius 2 is 1.55 bits per heavy atom. The molecule has 0 unspecified atom stereocenters. The molecule has 0 aromatic rings. The maximum atomic E-state index is 11.6. The standard InChI is InChI=1S/C15H29N3O2/c1-3-20-15(19)18-12-10-17(11-13-18)9-8-16-6-4-14(2)5-7-16/h14H,3-13H2,1-2H3. The summed E-state index contributed by atoms with van der Waals surface area (Å²) in [5, 5.41) is 0. The van der Waals surface area contributed by atoms with Gasteiger partial charge in [0.2, 0.25) is 0 Å². The summed E-state index contributed by atoms with van der Waals surface area (Å²) in [6.45, 7) is 13.0. The Kier molecular flexibility index (Phi) is 6.10. The quantitative estimate of drug-likeness (QED) is 0.783. The van der Waals surface area contributed by atoms with Crippen LogP contribution in [0, 0.1) is 5.92 Å². The van der Waals surface area contributed by atoms with Crippen molar-refractivity contribution in [2.75, 3.05) is 59.0 Å². The normalized spacial score (nSPS) is 23.0. The monoisotopic (exact) mass is 283 g/mol. The number of hydrogen-bond acceptors (Lipinski definition) is 4. The van der Waals surface area contributed by atoms with Gasteiger partial charge in [-0.3, -0.25) is 4.90 Å². The van der Waals surface area contributed by atoms with Gasteiger partial charge >= 0.3 is 6.09 Å². The minimum atomic E-state index is -0.155. The summed E-state index contributed by atoms with van der Waals surface area (Å²) in [6.07, 6.45) is 2.53. The Morgan fingerprint density at radius 1 is 1.00 bits per heavy atom. The number of ether oxygens (including phenoxy) is 1. The summed E-state index contributed by atoms with van der Waals surface area (Å²) in [6, 6.07) is 0. The number of piperazine rings is 1. The summed E-state index contributed by atoms with van der Waals surface area (Å²) in [5.74, 6) is 0.902. The summed E-state index contributed by atoms with van der Waals surface area (Å²) in [4.78, 5) is 18.5. The fourth-order valence-electron chi connectivity index (χ4n) is 2.94. The van der Waals surface area contributed by atoms with Gasteiger partial charge in [0, 0.05) is 39.3 Å². The Bertz CT molecular complexity index is 295. The van der Waals surface area contributed by atoms with Crippen LogP contribution in [0.15, 0.2) is 0 Å². The minimum Gasteiger partial charge on any atom is -0.450 e. The van der Waals surface area contributed by atoms with E-state index in [-0.39, 0.29) is 6.09 Å². The predicted molar refractivity (Wildman–Crippen MR) is 79.9 cm³/mol. The van der Waals surface area contributed by atoms with E-state index in [0.717, 1.165) is 38.6 Å². The Balaban J connectivity index is 1.61. The number of carbonyl (C=O) groups is 1. The molecule has 0 N–H and O–H groups in total. The molecule has 0 aromatic heterocycles. The summed E-state index contributed by atoms with van der Waals surface area (Å²) >= 11 is 0. The van der Waals surface area contributed by atoms with Crippen LogP contribution in [0.1, 0.15) is 26.7 Å². The van der Waals surface area contributed by atoms with E-state index in [1.807, 2.05) is 11.8 Å². The van der Waals surface area contributed by atoms with Gasteiger partial charge in [-0.2, -0.15) is 0 Å². The third kappa shape index (κ3) is 4.63. The highest BCUT2D eigenvalue weighted by Crippen LogP contribution is 2.15. The number of amides is 1. The zero-order chi connectivity index (χ0) is 14.4. The van der Waals surface area contributed by atoms with Gasteiger partial charge in [-0.15, -0.1) is 0 Å². The van der Waals surface area contributed by atoms with E-state index in [1.54, 1.807) is 0 Å². The maximum Gasteiger partial charge on any atom is 0.409 e. The molecule has 2 heterocycles. The average Bonchev–Trinajstić information content (AvgIpc) is 2.47. The molecule has 2 aliphatic rings. The molecule has 2 rings (SSSR count). The molecule has 0 atom stereocenters. The Morgan fingerprint density at radius 3 is 2.10 bits per heavy atom. The van der Waals surface area contributed by atoms with Crippen molar-refractivity contribution in [1.29, 1.82) is 0 Å². The first-order chi connectivity index (χ1) is 9.69. The lowest BCUT2D eigenvalue weighted by Crippen LogP contribution is -2.50. The van der Waals surface area contributed by atoms with Gasteiger partial charge in [0.15, 0.2) is 0 Å². The van der Waals surface area contributed by atoms with Crippen LogP contribution in [-0.2, 0) is 4.74 Å². The average molecular weight is 283 g/mol.